The highest BCUT2D eigenvalue weighted by Crippen LogP contribution is 2.44. The minimum absolute atomic E-state index is 0.0184. The van der Waals surface area contributed by atoms with Gasteiger partial charge >= 0.3 is 6.92 Å². The molecule has 1 aromatic carbocycles. The molecular weight excluding hydrogens is 259 g/mol. The highest BCUT2D eigenvalue weighted by Gasteiger charge is 2.61. The van der Waals surface area contributed by atoms with Gasteiger partial charge in [-0.05, 0) is 18.6 Å². The van der Waals surface area contributed by atoms with Crippen molar-refractivity contribution in [3.63, 3.8) is 0 Å². The van der Waals surface area contributed by atoms with E-state index in [0.717, 1.165) is 17.6 Å². The van der Waals surface area contributed by atoms with Crippen molar-refractivity contribution in [3.8, 4) is 5.75 Å². The van der Waals surface area contributed by atoms with Crippen LogP contribution in [0.3, 0.4) is 0 Å². The first-order chi connectivity index (χ1) is 9.76. The quantitative estimate of drug-likeness (QED) is 0.561. The summed E-state index contributed by atoms with van der Waals surface area (Å²) in [6.45, 7) is 0.304. The largest absolute Gasteiger partial charge is 0.582 e. The molecule has 6 heteroatoms. The van der Waals surface area contributed by atoms with E-state index in [1.165, 1.54) is 0 Å². The summed E-state index contributed by atoms with van der Waals surface area (Å²) in [5.41, 5.74) is 0.967. The summed E-state index contributed by atoms with van der Waals surface area (Å²) in [7, 11) is 1.64. The van der Waals surface area contributed by atoms with Crippen LogP contribution < -0.4 is 10.2 Å². The Morgan fingerprint density at radius 1 is 1.25 bits per heavy atom. The maximum atomic E-state index is 8.43. The monoisotopic (exact) mass is 277 g/mol. The Hall–Kier alpha value is -1.08. The van der Waals surface area contributed by atoms with Gasteiger partial charge in [-0.15, -0.1) is 0 Å². The molecule has 3 aliphatic heterocycles. The van der Waals surface area contributed by atoms with Crippen LogP contribution in [0.1, 0.15) is 6.42 Å². The highest BCUT2D eigenvalue weighted by atomic mass is 16.7. The molecule has 0 saturated carbocycles. The Morgan fingerprint density at radius 3 is 2.80 bits per heavy atom. The molecule has 1 unspecified atom stereocenters. The lowest BCUT2D eigenvalue weighted by atomic mass is 9.49. The van der Waals surface area contributed by atoms with Crippen LogP contribution in [0.15, 0.2) is 24.3 Å². The van der Waals surface area contributed by atoms with Crippen LogP contribution in [0.4, 0.5) is 0 Å². The third-order valence-corrected chi connectivity index (χ3v) is 4.54. The van der Waals surface area contributed by atoms with Crippen LogP contribution in [0.25, 0.3) is 0 Å². The average molecular weight is 277 g/mol. The molecule has 3 saturated heterocycles. The topological polar surface area (TPSA) is 59.8 Å². The molecule has 0 aromatic heterocycles. The van der Waals surface area contributed by atoms with Crippen molar-refractivity contribution in [1.29, 1.82) is 0 Å². The molecule has 0 amide bonds. The van der Waals surface area contributed by atoms with E-state index in [1.807, 2.05) is 24.3 Å². The van der Waals surface area contributed by atoms with E-state index in [9.17, 15) is 0 Å². The lowest BCUT2D eigenvalue weighted by Gasteiger charge is -2.48. The minimum atomic E-state index is -0.361. The SMILES string of the molecule is COc1ccc(B([OH2+])C2O[C@H]3[C@@H]4OC[C@H](C[C@H]23)O4)cc1. The maximum Gasteiger partial charge on any atom is 0.582 e. The molecule has 4 rings (SSSR count). The Kier molecular flexibility index (Phi) is 3.00. The molecule has 1 aromatic rings. The summed E-state index contributed by atoms with van der Waals surface area (Å²) in [5, 5.41) is 8.43. The summed E-state index contributed by atoms with van der Waals surface area (Å²) >= 11 is 0. The number of hydrogen-bond donors (Lipinski definition) is 0. The van der Waals surface area contributed by atoms with Gasteiger partial charge in [-0.25, -0.2) is 0 Å². The first-order valence-corrected chi connectivity index (χ1v) is 7.04. The van der Waals surface area contributed by atoms with Crippen molar-refractivity contribution in [2.75, 3.05) is 13.7 Å². The van der Waals surface area contributed by atoms with E-state index in [1.54, 1.807) is 7.11 Å². The van der Waals surface area contributed by atoms with Gasteiger partial charge in [-0.2, -0.15) is 0 Å². The smallest absolute Gasteiger partial charge is 0.547 e. The summed E-state index contributed by atoms with van der Waals surface area (Å²) in [4.78, 5) is 0. The van der Waals surface area contributed by atoms with E-state index < -0.39 is 0 Å². The second-order valence-corrected chi connectivity index (χ2v) is 5.68. The highest BCUT2D eigenvalue weighted by molar-refractivity contribution is 6.67. The van der Waals surface area contributed by atoms with E-state index in [4.69, 9.17) is 24.0 Å². The second-order valence-electron chi connectivity index (χ2n) is 5.68. The molecule has 3 aliphatic rings. The molecule has 5 atom stereocenters. The fraction of sp³-hybridized carbons (Fsp3) is 0.571. The van der Waals surface area contributed by atoms with Gasteiger partial charge in [0.25, 0.3) is 0 Å². The third-order valence-electron chi connectivity index (χ3n) is 4.54. The number of fused-ring (bicyclic) bond motifs is 4. The number of benzene rings is 1. The zero-order chi connectivity index (χ0) is 13.7. The molecule has 106 valence electrons. The van der Waals surface area contributed by atoms with E-state index >= 15 is 0 Å². The predicted octanol–water partition coefficient (Wildman–Crippen LogP) is -0.314. The van der Waals surface area contributed by atoms with E-state index in [-0.39, 0.29) is 31.4 Å². The lowest BCUT2D eigenvalue weighted by Crippen LogP contribution is -2.65. The van der Waals surface area contributed by atoms with Crippen molar-refractivity contribution in [2.24, 2.45) is 5.92 Å². The van der Waals surface area contributed by atoms with Gasteiger partial charge in [0.2, 0.25) is 0 Å². The molecule has 2 N–H and O–H groups in total. The fourth-order valence-electron chi connectivity index (χ4n) is 3.41. The number of hydrogen-bond acceptors (Lipinski definition) is 4. The third kappa shape index (κ3) is 1.87. The molecule has 3 fully saturated rings. The first kappa shape index (κ1) is 12.6. The minimum Gasteiger partial charge on any atom is -0.547 e. The normalized spacial score (nSPS) is 38.0. The molecule has 20 heavy (non-hydrogen) atoms. The Bertz CT molecular complexity index is 493. The van der Waals surface area contributed by atoms with Gasteiger partial charge in [0.15, 0.2) is 6.29 Å². The number of ether oxygens (including phenoxy) is 4. The molecule has 3 heterocycles. The van der Waals surface area contributed by atoms with Crippen molar-refractivity contribution >= 4 is 12.4 Å². The summed E-state index contributed by atoms with van der Waals surface area (Å²) in [5.74, 6) is 1.19. The van der Waals surface area contributed by atoms with Crippen molar-refractivity contribution < 1.29 is 24.0 Å². The van der Waals surface area contributed by atoms with Crippen LogP contribution >= 0.6 is 0 Å². The molecule has 2 bridgehead atoms. The Balaban J connectivity index is 1.48. The molecule has 0 aliphatic carbocycles. The standard InChI is InChI=1S/C14H17BO5/c1-17-9-4-2-8(3-5-9)15(16)13-11-6-10-7-18-14(19-10)12(11)20-13/h2-5,10-14,16H,6-7H2,1H3/p+1/t10-,11-,12+,13?,14+/m0/s1. The Labute approximate surface area is 117 Å². The molecular formula is C14H18BO5+. The van der Waals surface area contributed by atoms with E-state index in [2.05, 4.69) is 0 Å². The predicted molar refractivity (Wildman–Crippen MR) is 73.4 cm³/mol. The van der Waals surface area contributed by atoms with Gasteiger partial charge < -0.3 is 24.0 Å². The summed E-state index contributed by atoms with van der Waals surface area (Å²) < 4.78 is 22.2. The summed E-state index contributed by atoms with van der Waals surface area (Å²) in [6, 6.07) is 7.62. The first-order valence-electron chi connectivity index (χ1n) is 7.04. The van der Waals surface area contributed by atoms with Crippen molar-refractivity contribution in [2.45, 2.75) is 30.9 Å². The second kappa shape index (κ2) is 4.74. The maximum absolute atomic E-state index is 8.43. The van der Waals surface area contributed by atoms with Gasteiger partial charge in [0.1, 0.15) is 17.9 Å². The van der Waals surface area contributed by atoms with Gasteiger partial charge in [-0.1, -0.05) is 12.1 Å². The molecule has 5 nitrogen and oxygen atoms in total. The van der Waals surface area contributed by atoms with Gasteiger partial charge in [-0.3, -0.25) is 0 Å². The van der Waals surface area contributed by atoms with Gasteiger partial charge in [0.05, 0.1) is 19.8 Å². The van der Waals surface area contributed by atoms with Crippen LogP contribution in [0, 0.1) is 5.92 Å². The number of rotatable bonds is 3. The summed E-state index contributed by atoms with van der Waals surface area (Å²) in [6.07, 6.45) is 0.941. The van der Waals surface area contributed by atoms with Gasteiger partial charge in [0, 0.05) is 11.4 Å². The molecule has 0 radical (unpaired) electrons. The van der Waals surface area contributed by atoms with Crippen molar-refractivity contribution in [1.82, 2.24) is 0 Å². The van der Waals surface area contributed by atoms with Crippen LogP contribution in [-0.4, -0.2) is 50.2 Å². The Morgan fingerprint density at radius 2 is 2.05 bits per heavy atom. The number of methoxy groups -OCH3 is 1. The average Bonchev–Trinajstić information content (AvgIpc) is 2.87. The zero-order valence-electron chi connectivity index (χ0n) is 11.3. The molecule has 0 spiro atoms. The zero-order valence-corrected chi connectivity index (χ0v) is 11.3. The van der Waals surface area contributed by atoms with E-state index in [0.29, 0.717) is 12.5 Å². The van der Waals surface area contributed by atoms with Crippen LogP contribution in [0.5, 0.6) is 5.75 Å². The van der Waals surface area contributed by atoms with Crippen LogP contribution in [-0.2, 0) is 14.2 Å². The van der Waals surface area contributed by atoms with Crippen molar-refractivity contribution in [3.05, 3.63) is 24.3 Å². The fourth-order valence-corrected chi connectivity index (χ4v) is 3.41. The lowest BCUT2D eigenvalue weighted by molar-refractivity contribution is -0.276. The van der Waals surface area contributed by atoms with Crippen LogP contribution in [0.2, 0.25) is 0 Å².